The first kappa shape index (κ1) is 21.2. The molecule has 0 saturated carbocycles. The van der Waals surface area contributed by atoms with Gasteiger partial charge in [0.2, 0.25) is 10.0 Å². The molecular formula is C22H23FN4O3S. The normalized spacial score (nSPS) is 15.7. The number of imidazole rings is 1. The maximum atomic E-state index is 14.5. The van der Waals surface area contributed by atoms with Crippen LogP contribution < -0.4 is 5.32 Å². The molecule has 1 aliphatic rings. The lowest BCUT2D eigenvalue weighted by molar-refractivity contribution is 0.0940. The number of carbonyl (C=O) groups is 1. The first-order valence-electron chi connectivity index (χ1n) is 10.0. The number of aromatic nitrogens is 2. The van der Waals surface area contributed by atoms with Gasteiger partial charge >= 0.3 is 0 Å². The summed E-state index contributed by atoms with van der Waals surface area (Å²) in [6, 6.07) is 11.2. The van der Waals surface area contributed by atoms with Crippen molar-refractivity contribution in [2.24, 2.45) is 7.05 Å². The Bertz CT molecular complexity index is 1200. The summed E-state index contributed by atoms with van der Waals surface area (Å²) in [7, 11) is -1.90. The summed E-state index contributed by atoms with van der Waals surface area (Å²) in [4.78, 5) is 17.4. The van der Waals surface area contributed by atoms with Crippen LogP contribution in [0.2, 0.25) is 0 Å². The second-order valence-electron chi connectivity index (χ2n) is 7.46. The summed E-state index contributed by atoms with van der Waals surface area (Å²) in [6.07, 6.45) is 4.93. The lowest BCUT2D eigenvalue weighted by Gasteiger charge is -2.20. The molecule has 0 radical (unpaired) electrons. The van der Waals surface area contributed by atoms with Crippen molar-refractivity contribution < 1.29 is 17.6 Å². The molecule has 2 aromatic carbocycles. The molecule has 1 aromatic heterocycles. The molecule has 4 rings (SSSR count). The molecular weight excluding hydrogens is 419 g/mol. The van der Waals surface area contributed by atoms with E-state index in [1.165, 1.54) is 34.6 Å². The summed E-state index contributed by atoms with van der Waals surface area (Å²) in [5, 5.41) is 2.81. The van der Waals surface area contributed by atoms with E-state index in [1.807, 2.05) is 0 Å². The van der Waals surface area contributed by atoms with Crippen molar-refractivity contribution in [3.05, 3.63) is 83.7 Å². The predicted octanol–water partition coefficient (Wildman–Crippen LogP) is 2.86. The Morgan fingerprint density at radius 3 is 2.55 bits per heavy atom. The monoisotopic (exact) mass is 442 g/mol. The Hall–Kier alpha value is -3.04. The van der Waals surface area contributed by atoms with E-state index in [1.54, 1.807) is 42.2 Å². The molecule has 0 spiro atoms. The number of halogens is 1. The highest BCUT2D eigenvalue weighted by Gasteiger charge is 2.28. The first-order chi connectivity index (χ1) is 14.9. The molecule has 0 unspecified atom stereocenters. The van der Waals surface area contributed by atoms with Crippen LogP contribution >= 0.6 is 0 Å². The number of rotatable bonds is 6. The Morgan fingerprint density at radius 1 is 1.13 bits per heavy atom. The van der Waals surface area contributed by atoms with Crippen LogP contribution in [-0.2, 0) is 17.1 Å². The van der Waals surface area contributed by atoms with Gasteiger partial charge in [-0.25, -0.2) is 17.8 Å². The Balaban J connectivity index is 1.66. The first-order valence-corrected chi connectivity index (χ1v) is 11.4. The maximum absolute atomic E-state index is 14.5. The minimum Gasteiger partial charge on any atom is -0.338 e. The molecule has 1 amide bonds. The van der Waals surface area contributed by atoms with Gasteiger partial charge in [0.05, 0.1) is 4.90 Å². The van der Waals surface area contributed by atoms with Crippen LogP contribution in [0.15, 0.2) is 65.8 Å². The van der Waals surface area contributed by atoms with E-state index in [4.69, 9.17) is 0 Å². The average Bonchev–Trinajstić information content (AvgIpc) is 3.45. The molecule has 1 N–H and O–H groups in total. The van der Waals surface area contributed by atoms with Gasteiger partial charge in [-0.1, -0.05) is 24.3 Å². The second kappa shape index (κ2) is 8.60. The average molecular weight is 443 g/mol. The minimum atomic E-state index is -3.66. The van der Waals surface area contributed by atoms with Gasteiger partial charge < -0.3 is 9.88 Å². The highest BCUT2D eigenvalue weighted by atomic mass is 32.2. The summed E-state index contributed by atoms with van der Waals surface area (Å²) in [5.41, 5.74) is 0.446. The number of sulfonamides is 1. The zero-order chi connectivity index (χ0) is 22.0. The van der Waals surface area contributed by atoms with Gasteiger partial charge in [-0.05, 0) is 37.1 Å². The SMILES string of the molecule is Cn1ccnc1[C@@H](NC(=O)c1cccc(S(=O)(=O)N2CCCC2)c1)c1ccccc1F. The van der Waals surface area contributed by atoms with E-state index in [9.17, 15) is 17.6 Å². The van der Waals surface area contributed by atoms with Crippen molar-refractivity contribution in [1.29, 1.82) is 0 Å². The van der Waals surface area contributed by atoms with Gasteiger partial charge in [-0.15, -0.1) is 0 Å². The van der Waals surface area contributed by atoms with Crippen molar-refractivity contribution in [2.45, 2.75) is 23.8 Å². The Labute approximate surface area is 180 Å². The highest BCUT2D eigenvalue weighted by molar-refractivity contribution is 7.89. The number of hydrogen-bond acceptors (Lipinski definition) is 4. The lowest BCUT2D eigenvalue weighted by atomic mass is 10.0. The number of benzene rings is 2. The lowest BCUT2D eigenvalue weighted by Crippen LogP contribution is -2.32. The molecule has 1 fully saturated rings. The second-order valence-corrected chi connectivity index (χ2v) is 9.40. The summed E-state index contributed by atoms with van der Waals surface area (Å²) >= 11 is 0. The molecule has 1 aliphatic heterocycles. The quantitative estimate of drug-likeness (QED) is 0.636. The van der Waals surface area contributed by atoms with Gasteiger partial charge in [0.15, 0.2) is 0 Å². The fourth-order valence-electron chi connectivity index (χ4n) is 3.74. The third-order valence-corrected chi connectivity index (χ3v) is 7.30. The van der Waals surface area contributed by atoms with Crippen LogP contribution in [0.3, 0.4) is 0 Å². The number of aryl methyl sites for hydroxylation is 1. The van der Waals surface area contributed by atoms with E-state index in [0.717, 1.165) is 12.8 Å². The molecule has 1 atom stereocenters. The molecule has 1 saturated heterocycles. The van der Waals surface area contributed by atoms with E-state index in [2.05, 4.69) is 10.3 Å². The van der Waals surface area contributed by atoms with Crippen molar-refractivity contribution in [2.75, 3.05) is 13.1 Å². The molecule has 0 bridgehead atoms. The van der Waals surface area contributed by atoms with Gasteiger partial charge in [-0.3, -0.25) is 4.79 Å². The standard InChI is InChI=1S/C22H23FN4O3S/c1-26-14-11-24-21(26)20(18-9-2-3-10-19(18)23)25-22(28)16-7-6-8-17(15-16)31(29,30)27-12-4-5-13-27/h2-3,6-11,14-15,20H,4-5,12-13H2,1H3,(H,25,28)/t20-/m0/s1. The van der Waals surface area contributed by atoms with Crippen molar-refractivity contribution in [3.8, 4) is 0 Å². The molecule has 31 heavy (non-hydrogen) atoms. The predicted molar refractivity (Wildman–Crippen MR) is 113 cm³/mol. The number of nitrogens with zero attached hydrogens (tertiary/aromatic N) is 3. The van der Waals surface area contributed by atoms with Gasteiger partial charge in [-0.2, -0.15) is 4.31 Å². The number of amides is 1. The summed E-state index contributed by atoms with van der Waals surface area (Å²) < 4.78 is 43.4. The van der Waals surface area contributed by atoms with E-state index in [0.29, 0.717) is 18.9 Å². The third-order valence-electron chi connectivity index (χ3n) is 5.41. The van der Waals surface area contributed by atoms with Crippen LogP contribution in [0.1, 0.15) is 40.6 Å². The van der Waals surface area contributed by atoms with Crippen molar-refractivity contribution in [1.82, 2.24) is 19.2 Å². The fraction of sp³-hybridized carbons (Fsp3) is 0.273. The third kappa shape index (κ3) is 4.24. The fourth-order valence-corrected chi connectivity index (χ4v) is 5.30. The highest BCUT2D eigenvalue weighted by Crippen LogP contribution is 2.25. The van der Waals surface area contributed by atoms with Crippen molar-refractivity contribution >= 4 is 15.9 Å². The summed E-state index contributed by atoms with van der Waals surface area (Å²) in [5.74, 6) is -0.532. The van der Waals surface area contributed by atoms with Crippen molar-refractivity contribution in [3.63, 3.8) is 0 Å². The number of nitrogens with one attached hydrogen (secondary N) is 1. The van der Waals surface area contributed by atoms with Crippen LogP contribution in [0.25, 0.3) is 0 Å². The van der Waals surface area contributed by atoms with Crippen LogP contribution in [0, 0.1) is 5.82 Å². The van der Waals surface area contributed by atoms with Gasteiger partial charge in [0.1, 0.15) is 17.7 Å². The molecule has 9 heteroatoms. The van der Waals surface area contributed by atoms with Crippen LogP contribution in [0.5, 0.6) is 0 Å². The van der Waals surface area contributed by atoms with Gasteiger partial charge in [0, 0.05) is 43.7 Å². The molecule has 0 aliphatic carbocycles. The van der Waals surface area contributed by atoms with Crippen LogP contribution in [0.4, 0.5) is 4.39 Å². The van der Waals surface area contributed by atoms with Gasteiger partial charge in [0.25, 0.3) is 5.91 Å². The van der Waals surface area contributed by atoms with E-state index >= 15 is 0 Å². The maximum Gasteiger partial charge on any atom is 0.252 e. The van der Waals surface area contributed by atoms with E-state index in [-0.39, 0.29) is 16.0 Å². The zero-order valence-corrected chi connectivity index (χ0v) is 17.8. The Kier molecular flexibility index (Phi) is 5.88. The smallest absolute Gasteiger partial charge is 0.252 e. The molecule has 3 aromatic rings. The number of carbonyl (C=O) groups excluding carboxylic acids is 1. The Morgan fingerprint density at radius 2 is 1.87 bits per heavy atom. The molecule has 162 valence electrons. The van der Waals surface area contributed by atoms with Crippen LogP contribution in [-0.4, -0.2) is 41.3 Å². The minimum absolute atomic E-state index is 0.0708. The molecule has 2 heterocycles. The number of hydrogen-bond donors (Lipinski definition) is 1. The molecule has 7 nitrogen and oxygen atoms in total. The van der Waals surface area contributed by atoms with E-state index < -0.39 is 27.8 Å². The summed E-state index contributed by atoms with van der Waals surface area (Å²) in [6.45, 7) is 0.959. The largest absolute Gasteiger partial charge is 0.338 e. The topological polar surface area (TPSA) is 84.3 Å². The zero-order valence-electron chi connectivity index (χ0n) is 17.0.